The number of benzene rings is 1. The van der Waals surface area contributed by atoms with Gasteiger partial charge in [-0.05, 0) is 24.3 Å². The molecule has 2 aromatic heterocycles. The van der Waals surface area contributed by atoms with E-state index in [4.69, 9.17) is 11.6 Å². The summed E-state index contributed by atoms with van der Waals surface area (Å²) >= 11 is 7.21. The number of carbonyl (C=O) groups is 2. The molecule has 7 nitrogen and oxygen atoms in total. The van der Waals surface area contributed by atoms with E-state index < -0.39 is 0 Å². The fourth-order valence-electron chi connectivity index (χ4n) is 3.21. The van der Waals surface area contributed by atoms with Crippen LogP contribution in [0.5, 0.6) is 0 Å². The fourth-order valence-corrected chi connectivity index (χ4v) is 4.03. The van der Waals surface area contributed by atoms with Gasteiger partial charge in [-0.25, -0.2) is 9.97 Å². The van der Waals surface area contributed by atoms with Crippen molar-refractivity contribution in [2.75, 3.05) is 36.4 Å². The zero-order valence-electron chi connectivity index (χ0n) is 16.1. The third-order valence-corrected chi connectivity index (χ3v) is 5.84. The normalized spacial score (nSPS) is 13.9. The van der Waals surface area contributed by atoms with Gasteiger partial charge in [0.15, 0.2) is 5.13 Å². The molecule has 0 atom stereocenters. The SMILES string of the molecule is O=C(Nc1nc(CC(=O)N2CCN(c3ccc(Cl)cn3)CC2)cs1)c1ccccc1. The van der Waals surface area contributed by atoms with Gasteiger partial charge in [0.25, 0.3) is 5.91 Å². The lowest BCUT2D eigenvalue weighted by molar-refractivity contribution is -0.130. The maximum Gasteiger partial charge on any atom is 0.257 e. The van der Waals surface area contributed by atoms with E-state index in [1.54, 1.807) is 18.3 Å². The first-order chi connectivity index (χ1) is 14.6. The van der Waals surface area contributed by atoms with Crippen molar-refractivity contribution in [2.24, 2.45) is 0 Å². The highest BCUT2D eigenvalue weighted by atomic mass is 35.5. The standard InChI is InChI=1S/C21H20ClN5O2S/c22-16-6-7-18(23-13-16)26-8-10-27(11-9-26)19(28)12-17-14-30-21(24-17)25-20(29)15-4-2-1-3-5-15/h1-7,13-14H,8-12H2,(H,24,25,29). The van der Waals surface area contributed by atoms with Crippen molar-refractivity contribution in [3.05, 3.63) is 70.3 Å². The van der Waals surface area contributed by atoms with Gasteiger partial charge >= 0.3 is 0 Å². The Hall–Kier alpha value is -2.97. The van der Waals surface area contributed by atoms with Crippen molar-refractivity contribution in [3.63, 3.8) is 0 Å². The van der Waals surface area contributed by atoms with E-state index in [9.17, 15) is 9.59 Å². The third-order valence-electron chi connectivity index (χ3n) is 4.81. The Morgan fingerprint density at radius 1 is 1.07 bits per heavy atom. The molecule has 0 aliphatic carbocycles. The van der Waals surface area contributed by atoms with E-state index in [2.05, 4.69) is 20.2 Å². The first-order valence-electron chi connectivity index (χ1n) is 9.53. The summed E-state index contributed by atoms with van der Waals surface area (Å²) in [5.41, 5.74) is 1.23. The summed E-state index contributed by atoms with van der Waals surface area (Å²) in [7, 11) is 0. The van der Waals surface area contributed by atoms with Gasteiger partial charge in [-0.1, -0.05) is 29.8 Å². The van der Waals surface area contributed by atoms with Crippen LogP contribution in [-0.4, -0.2) is 52.9 Å². The Labute approximate surface area is 183 Å². The second-order valence-electron chi connectivity index (χ2n) is 6.84. The number of carbonyl (C=O) groups excluding carboxylic acids is 2. The average molecular weight is 442 g/mol. The van der Waals surface area contributed by atoms with Crippen LogP contribution in [0.1, 0.15) is 16.1 Å². The predicted octanol–water partition coefficient (Wildman–Crippen LogP) is 3.34. The number of halogens is 1. The molecule has 0 spiro atoms. The third kappa shape index (κ3) is 4.95. The quantitative estimate of drug-likeness (QED) is 0.657. The number of aromatic nitrogens is 2. The molecule has 4 rings (SSSR count). The second-order valence-corrected chi connectivity index (χ2v) is 8.14. The van der Waals surface area contributed by atoms with E-state index in [-0.39, 0.29) is 18.2 Å². The molecular formula is C21H20ClN5O2S. The van der Waals surface area contributed by atoms with Crippen LogP contribution in [0.15, 0.2) is 54.0 Å². The van der Waals surface area contributed by atoms with Crippen molar-refractivity contribution >= 4 is 45.7 Å². The highest BCUT2D eigenvalue weighted by molar-refractivity contribution is 7.14. The zero-order chi connectivity index (χ0) is 20.9. The molecule has 3 aromatic rings. The number of nitrogens with zero attached hydrogens (tertiary/aromatic N) is 4. The molecule has 0 bridgehead atoms. The molecule has 0 saturated carbocycles. The molecule has 1 fully saturated rings. The van der Waals surface area contributed by atoms with E-state index in [1.807, 2.05) is 40.6 Å². The number of amides is 2. The maximum atomic E-state index is 12.7. The van der Waals surface area contributed by atoms with E-state index in [0.29, 0.717) is 34.5 Å². The van der Waals surface area contributed by atoms with E-state index in [0.717, 1.165) is 18.9 Å². The van der Waals surface area contributed by atoms with Crippen molar-refractivity contribution in [1.29, 1.82) is 0 Å². The van der Waals surface area contributed by atoms with Crippen LogP contribution >= 0.6 is 22.9 Å². The van der Waals surface area contributed by atoms with Crippen LogP contribution < -0.4 is 10.2 Å². The number of hydrogen-bond acceptors (Lipinski definition) is 6. The number of piperazine rings is 1. The minimum atomic E-state index is -0.213. The summed E-state index contributed by atoms with van der Waals surface area (Å²) in [4.78, 5) is 37.6. The van der Waals surface area contributed by atoms with Gasteiger partial charge in [0.05, 0.1) is 17.1 Å². The maximum absolute atomic E-state index is 12.7. The van der Waals surface area contributed by atoms with Crippen LogP contribution in [0.25, 0.3) is 0 Å². The van der Waals surface area contributed by atoms with Gasteiger partial charge in [0.1, 0.15) is 5.82 Å². The number of anilines is 2. The number of thiazole rings is 1. The molecule has 0 radical (unpaired) electrons. The van der Waals surface area contributed by atoms with Crippen LogP contribution in [-0.2, 0) is 11.2 Å². The minimum Gasteiger partial charge on any atom is -0.353 e. The first kappa shape index (κ1) is 20.3. The number of rotatable bonds is 5. The molecule has 9 heteroatoms. The van der Waals surface area contributed by atoms with Gasteiger partial charge in [0.2, 0.25) is 5.91 Å². The molecule has 1 aliphatic heterocycles. The van der Waals surface area contributed by atoms with Crippen molar-refractivity contribution < 1.29 is 9.59 Å². The van der Waals surface area contributed by atoms with Gasteiger partial charge in [-0.2, -0.15) is 0 Å². The summed E-state index contributed by atoms with van der Waals surface area (Å²) in [6.45, 7) is 2.70. The zero-order valence-corrected chi connectivity index (χ0v) is 17.7. The molecule has 30 heavy (non-hydrogen) atoms. The lowest BCUT2D eigenvalue weighted by Gasteiger charge is -2.35. The van der Waals surface area contributed by atoms with Gasteiger partial charge < -0.3 is 9.80 Å². The topological polar surface area (TPSA) is 78.4 Å². The van der Waals surface area contributed by atoms with Crippen molar-refractivity contribution in [3.8, 4) is 0 Å². The average Bonchev–Trinajstić information content (AvgIpc) is 3.21. The largest absolute Gasteiger partial charge is 0.353 e. The van der Waals surface area contributed by atoms with Crippen LogP contribution in [0.3, 0.4) is 0 Å². The Kier molecular flexibility index (Phi) is 6.25. The number of hydrogen-bond donors (Lipinski definition) is 1. The smallest absolute Gasteiger partial charge is 0.257 e. The summed E-state index contributed by atoms with van der Waals surface area (Å²) in [6.07, 6.45) is 1.85. The summed E-state index contributed by atoms with van der Waals surface area (Å²) in [5.74, 6) is 0.685. The fraction of sp³-hybridized carbons (Fsp3) is 0.238. The van der Waals surface area contributed by atoms with Crippen molar-refractivity contribution in [2.45, 2.75) is 6.42 Å². The van der Waals surface area contributed by atoms with E-state index in [1.165, 1.54) is 11.3 Å². The summed E-state index contributed by atoms with van der Waals surface area (Å²) < 4.78 is 0. The predicted molar refractivity (Wildman–Crippen MR) is 118 cm³/mol. The molecule has 1 aromatic carbocycles. The molecule has 0 unspecified atom stereocenters. The van der Waals surface area contributed by atoms with Crippen molar-refractivity contribution in [1.82, 2.24) is 14.9 Å². The summed E-state index contributed by atoms with van der Waals surface area (Å²) in [6, 6.07) is 12.7. The highest BCUT2D eigenvalue weighted by Gasteiger charge is 2.22. The van der Waals surface area contributed by atoms with Gasteiger partial charge in [-0.3, -0.25) is 14.9 Å². The Bertz CT molecular complexity index is 1020. The second kappa shape index (κ2) is 9.23. The van der Waals surface area contributed by atoms with Crippen LogP contribution in [0, 0.1) is 0 Å². The Morgan fingerprint density at radius 2 is 1.83 bits per heavy atom. The van der Waals surface area contributed by atoms with Gasteiger partial charge in [0, 0.05) is 43.3 Å². The summed E-state index contributed by atoms with van der Waals surface area (Å²) in [5, 5.41) is 5.69. The highest BCUT2D eigenvalue weighted by Crippen LogP contribution is 2.19. The number of pyridine rings is 1. The molecule has 1 N–H and O–H groups in total. The van der Waals surface area contributed by atoms with Crippen LogP contribution in [0.2, 0.25) is 5.02 Å². The lowest BCUT2D eigenvalue weighted by Crippen LogP contribution is -2.49. The lowest BCUT2D eigenvalue weighted by atomic mass is 10.2. The molecule has 1 aliphatic rings. The monoisotopic (exact) mass is 441 g/mol. The van der Waals surface area contributed by atoms with E-state index >= 15 is 0 Å². The van der Waals surface area contributed by atoms with Gasteiger partial charge in [-0.15, -0.1) is 11.3 Å². The first-order valence-corrected chi connectivity index (χ1v) is 10.8. The molecule has 1 saturated heterocycles. The molecule has 154 valence electrons. The Morgan fingerprint density at radius 3 is 2.53 bits per heavy atom. The molecular weight excluding hydrogens is 422 g/mol. The molecule has 3 heterocycles. The minimum absolute atomic E-state index is 0.0324. The molecule has 2 amide bonds. The number of nitrogens with one attached hydrogen (secondary N) is 1. The van der Waals surface area contributed by atoms with Crippen LogP contribution in [0.4, 0.5) is 10.9 Å². The Balaban J connectivity index is 1.28.